The van der Waals surface area contributed by atoms with Gasteiger partial charge in [-0.05, 0) is 81.5 Å². The first-order valence-electron chi connectivity index (χ1n) is 15.9. The molecule has 7 aliphatic rings. The van der Waals surface area contributed by atoms with Crippen LogP contribution in [0.15, 0.2) is 0 Å². The highest BCUT2D eigenvalue weighted by atomic mass is 32.2. The van der Waals surface area contributed by atoms with E-state index in [1.807, 2.05) is 0 Å². The van der Waals surface area contributed by atoms with Crippen LogP contribution in [0.25, 0.3) is 0 Å². The number of nitrogens with one attached hydrogen (secondary N) is 2. The molecule has 4 aliphatic heterocycles. The van der Waals surface area contributed by atoms with Crippen LogP contribution in [0.1, 0.15) is 85.0 Å². The highest BCUT2D eigenvalue weighted by molar-refractivity contribution is 7.84. The molecule has 224 valence electrons. The smallest absolute Gasteiger partial charge is 0.339 e. The third-order valence-corrected chi connectivity index (χ3v) is 13.2. The molecule has 0 radical (unpaired) electrons. The molecule has 7 rings (SSSR count). The van der Waals surface area contributed by atoms with Crippen molar-refractivity contribution in [3.05, 3.63) is 0 Å². The van der Waals surface area contributed by atoms with Crippen LogP contribution in [0, 0.1) is 35.5 Å². The Kier molecular flexibility index (Phi) is 8.67. The van der Waals surface area contributed by atoms with Crippen LogP contribution in [0.3, 0.4) is 0 Å². The summed E-state index contributed by atoms with van der Waals surface area (Å²) >= 11 is 0. The predicted molar refractivity (Wildman–Crippen MR) is 150 cm³/mol. The first-order valence-corrected chi connectivity index (χ1v) is 17.2. The van der Waals surface area contributed by atoms with Crippen LogP contribution in [-0.2, 0) is 24.0 Å². The standard InChI is InChI=1S/C29H52N4O5S/c1-18-7-8-21-13-22-9-10-26-28(19(22)2)30-31-32(26)11-5-6-12-37-24-15-23-17-33(20(3)25(18)14-21)39(34,35)38-29(23)27(16-24)36-4/h18-31H,5-17H2,1-4H3/t18?,19?,20-,21?,22?,23?,24?,25?,26?,27?,28?,29?/m1/s1. The van der Waals surface area contributed by atoms with Gasteiger partial charge in [0.15, 0.2) is 0 Å². The quantitative estimate of drug-likeness (QED) is 0.497. The van der Waals surface area contributed by atoms with E-state index in [2.05, 4.69) is 36.7 Å². The van der Waals surface area contributed by atoms with Gasteiger partial charge in [0.25, 0.3) is 0 Å². The summed E-state index contributed by atoms with van der Waals surface area (Å²) in [6, 6.07) is 0.998. The average molecular weight is 569 g/mol. The van der Waals surface area contributed by atoms with E-state index in [1.165, 1.54) is 32.1 Å². The first kappa shape index (κ1) is 28.8. The molecule has 4 saturated heterocycles. The van der Waals surface area contributed by atoms with Crippen LogP contribution in [0.2, 0.25) is 0 Å². The van der Waals surface area contributed by atoms with E-state index in [0.29, 0.717) is 48.7 Å². The van der Waals surface area contributed by atoms with Gasteiger partial charge in [0, 0.05) is 57.3 Å². The van der Waals surface area contributed by atoms with Crippen LogP contribution >= 0.6 is 0 Å². The van der Waals surface area contributed by atoms with Crippen molar-refractivity contribution in [3.8, 4) is 0 Å². The fourth-order valence-electron chi connectivity index (χ4n) is 9.29. The topological polar surface area (TPSA) is 92.4 Å². The number of rotatable bonds is 1. The number of ether oxygens (including phenoxy) is 2. The predicted octanol–water partition coefficient (Wildman–Crippen LogP) is 3.48. The highest BCUT2D eigenvalue weighted by Crippen LogP contribution is 2.46. The van der Waals surface area contributed by atoms with Crippen molar-refractivity contribution in [2.75, 3.05) is 26.8 Å². The van der Waals surface area contributed by atoms with Crippen molar-refractivity contribution in [1.82, 2.24) is 20.3 Å². The number of hydrogen-bond acceptors (Lipinski definition) is 8. The summed E-state index contributed by atoms with van der Waals surface area (Å²) in [6.45, 7) is 9.19. The van der Waals surface area contributed by atoms with E-state index in [0.717, 1.165) is 44.8 Å². The molecule has 0 aromatic heterocycles. The molecule has 4 heterocycles. The lowest BCUT2D eigenvalue weighted by molar-refractivity contribution is -0.121. The number of hydrogen-bond donors (Lipinski definition) is 2. The molecule has 2 N–H and O–H groups in total. The largest absolute Gasteiger partial charge is 0.379 e. The molecule has 9 bridgehead atoms. The zero-order valence-electron chi connectivity index (χ0n) is 24.5. The maximum atomic E-state index is 13.5. The fraction of sp³-hybridized carbons (Fsp3) is 1.00. The summed E-state index contributed by atoms with van der Waals surface area (Å²) in [4.78, 5) is 0. The Morgan fingerprint density at radius 3 is 2.62 bits per heavy atom. The lowest BCUT2D eigenvalue weighted by Gasteiger charge is -2.49. The summed E-state index contributed by atoms with van der Waals surface area (Å²) in [7, 11) is -2.14. The van der Waals surface area contributed by atoms with Gasteiger partial charge >= 0.3 is 10.3 Å². The Labute approximate surface area is 236 Å². The molecular weight excluding hydrogens is 516 g/mol. The molecule has 0 aromatic carbocycles. The van der Waals surface area contributed by atoms with Crippen molar-refractivity contribution in [2.45, 2.75) is 121 Å². The highest BCUT2D eigenvalue weighted by Gasteiger charge is 2.51. The van der Waals surface area contributed by atoms with E-state index < -0.39 is 16.4 Å². The summed E-state index contributed by atoms with van der Waals surface area (Å²) in [5, 5.41) is 2.45. The number of hydrazine groups is 2. The second-order valence-corrected chi connectivity index (χ2v) is 15.3. The van der Waals surface area contributed by atoms with Crippen LogP contribution in [-0.4, -0.2) is 81.0 Å². The SMILES string of the molecule is COC1CC2CC3CN([C@H](C)C4CC(CCC4C)CC4CCC5C(NNN5CCCCO2)C4C)S(=O)(=O)OC31. The van der Waals surface area contributed by atoms with Gasteiger partial charge in [-0.2, -0.15) is 18.3 Å². The molecule has 10 heteroatoms. The van der Waals surface area contributed by atoms with Crippen molar-refractivity contribution in [3.63, 3.8) is 0 Å². The maximum Gasteiger partial charge on any atom is 0.339 e. The van der Waals surface area contributed by atoms with Crippen molar-refractivity contribution >= 4 is 10.3 Å². The Morgan fingerprint density at radius 2 is 1.79 bits per heavy atom. The Balaban J connectivity index is 1.24. The molecule has 39 heavy (non-hydrogen) atoms. The van der Waals surface area contributed by atoms with Gasteiger partial charge in [0.1, 0.15) is 6.10 Å². The van der Waals surface area contributed by atoms with Gasteiger partial charge in [0.05, 0.1) is 12.2 Å². The van der Waals surface area contributed by atoms with Gasteiger partial charge in [-0.3, -0.25) is 4.18 Å². The van der Waals surface area contributed by atoms with E-state index in [-0.39, 0.29) is 24.2 Å². The second-order valence-electron chi connectivity index (χ2n) is 13.8. The third-order valence-electron chi connectivity index (χ3n) is 11.7. The minimum Gasteiger partial charge on any atom is -0.379 e. The first-order chi connectivity index (χ1) is 18.7. The average Bonchev–Trinajstić information content (AvgIpc) is 3.33. The Hall–Kier alpha value is -0.330. The number of fused-ring (bicyclic) bond motifs is 5. The molecule has 13 unspecified atom stereocenters. The van der Waals surface area contributed by atoms with Crippen molar-refractivity contribution < 1.29 is 22.1 Å². The molecule has 7 fully saturated rings. The van der Waals surface area contributed by atoms with Gasteiger partial charge in [-0.25, -0.2) is 10.4 Å². The zero-order chi connectivity index (χ0) is 27.3. The lowest BCUT2D eigenvalue weighted by atomic mass is 9.65. The van der Waals surface area contributed by atoms with Crippen LogP contribution in [0.4, 0.5) is 0 Å². The molecule has 3 saturated carbocycles. The maximum absolute atomic E-state index is 13.5. The Bertz CT molecular complexity index is 954. The van der Waals surface area contributed by atoms with Crippen molar-refractivity contribution in [2.24, 2.45) is 35.5 Å². The van der Waals surface area contributed by atoms with Gasteiger partial charge in [0.2, 0.25) is 0 Å². The van der Waals surface area contributed by atoms with E-state index in [1.54, 1.807) is 11.4 Å². The molecule has 0 aromatic rings. The van der Waals surface area contributed by atoms with Crippen LogP contribution < -0.4 is 11.0 Å². The Morgan fingerprint density at radius 1 is 0.949 bits per heavy atom. The number of methoxy groups -OCH3 is 1. The molecule has 9 nitrogen and oxygen atoms in total. The molecular formula is C29H52N4O5S. The summed E-state index contributed by atoms with van der Waals surface area (Å²) < 4.78 is 46.9. The van der Waals surface area contributed by atoms with Gasteiger partial charge < -0.3 is 9.47 Å². The second kappa shape index (κ2) is 11.7. The minimum atomic E-state index is -3.81. The zero-order valence-corrected chi connectivity index (χ0v) is 25.3. The summed E-state index contributed by atoms with van der Waals surface area (Å²) in [6.07, 6.45) is 10.4. The third kappa shape index (κ3) is 5.70. The van der Waals surface area contributed by atoms with E-state index >= 15 is 0 Å². The van der Waals surface area contributed by atoms with Crippen LogP contribution in [0.5, 0.6) is 0 Å². The molecule has 14 atom stereocenters. The fourth-order valence-corrected chi connectivity index (χ4v) is 10.9. The lowest BCUT2D eigenvalue weighted by Crippen LogP contribution is -2.60. The summed E-state index contributed by atoms with van der Waals surface area (Å²) in [5.74, 6) is 2.98. The van der Waals surface area contributed by atoms with Gasteiger partial charge in [-0.15, -0.1) is 0 Å². The normalized spacial score (nSPS) is 52.4. The van der Waals surface area contributed by atoms with Crippen molar-refractivity contribution in [1.29, 1.82) is 0 Å². The number of nitrogens with zero attached hydrogens (tertiary/aromatic N) is 2. The molecule has 0 amide bonds. The van der Waals surface area contributed by atoms with E-state index in [4.69, 9.17) is 13.7 Å². The minimum absolute atomic E-state index is 0.0657. The molecule has 3 aliphatic carbocycles. The molecule has 0 spiro atoms. The summed E-state index contributed by atoms with van der Waals surface area (Å²) in [5.41, 5.74) is 7.17. The van der Waals surface area contributed by atoms with Gasteiger partial charge in [-0.1, -0.05) is 26.7 Å². The monoisotopic (exact) mass is 568 g/mol. The van der Waals surface area contributed by atoms with E-state index in [9.17, 15) is 8.42 Å².